The minimum atomic E-state index is -0.264. The Bertz CT molecular complexity index is 1180. The van der Waals surface area contributed by atoms with Gasteiger partial charge in [-0.2, -0.15) is 0 Å². The number of anilines is 1. The average molecular weight is 499 g/mol. The first-order chi connectivity index (χ1) is 18.1. The second-order valence-electron chi connectivity index (χ2n) is 9.39. The summed E-state index contributed by atoms with van der Waals surface area (Å²) < 4.78 is 0. The summed E-state index contributed by atoms with van der Waals surface area (Å²) in [5.74, 6) is -0.503. The second kappa shape index (κ2) is 13.3. The van der Waals surface area contributed by atoms with E-state index in [4.69, 9.17) is 0 Å². The molecule has 4 rings (SSSR count). The molecule has 192 valence electrons. The maximum Gasteiger partial charge on any atom is 0.253 e. The summed E-state index contributed by atoms with van der Waals surface area (Å²) in [6.45, 7) is 1.31. The number of carbonyl (C=O) groups excluding carboxylic acids is 3. The molecule has 1 atom stereocenters. The summed E-state index contributed by atoms with van der Waals surface area (Å²) in [6.07, 6.45) is 7.38. The highest BCUT2D eigenvalue weighted by Gasteiger charge is 2.23. The van der Waals surface area contributed by atoms with Gasteiger partial charge in [0, 0.05) is 55.6 Å². The standard InChI is InChI=1S/C30H34N4O3/c35-28-17-22-34(30(37)26-8-2-1-3-9-26)21-6-10-25(16-20-32-28)29(36)33-27-11-5-4-7-24(27)13-12-23-14-18-31-19-15-23/h1-5,7-9,11,14-15,18-19,25H,6,10,12-13,16-17,20-22H2,(H,32,35)(H,33,36). The highest BCUT2D eigenvalue weighted by Crippen LogP contribution is 2.21. The van der Waals surface area contributed by atoms with Gasteiger partial charge in [0.2, 0.25) is 11.8 Å². The number of amides is 3. The number of carbonyl (C=O) groups is 3. The fourth-order valence-electron chi connectivity index (χ4n) is 4.65. The largest absolute Gasteiger partial charge is 0.356 e. The average Bonchev–Trinajstić information content (AvgIpc) is 2.98. The third-order valence-electron chi connectivity index (χ3n) is 6.79. The molecule has 0 aliphatic carbocycles. The molecule has 1 fully saturated rings. The lowest BCUT2D eigenvalue weighted by Crippen LogP contribution is -2.35. The van der Waals surface area contributed by atoms with Crippen molar-refractivity contribution in [1.82, 2.24) is 15.2 Å². The summed E-state index contributed by atoms with van der Waals surface area (Å²) in [4.78, 5) is 44.5. The van der Waals surface area contributed by atoms with E-state index in [1.807, 2.05) is 54.6 Å². The molecule has 1 aliphatic heterocycles. The Kier molecular flexibility index (Phi) is 9.41. The molecule has 0 bridgehead atoms. The number of hydrogen-bond donors (Lipinski definition) is 2. The molecule has 37 heavy (non-hydrogen) atoms. The SMILES string of the molecule is O=C1CCN(C(=O)c2ccccc2)CCCC(C(=O)Nc2ccccc2CCc2ccncc2)CCN1. The van der Waals surface area contributed by atoms with Crippen LogP contribution >= 0.6 is 0 Å². The van der Waals surface area contributed by atoms with Crippen LogP contribution in [0.25, 0.3) is 0 Å². The lowest BCUT2D eigenvalue weighted by molar-refractivity contribution is -0.122. The first kappa shape index (κ1) is 26.1. The van der Waals surface area contributed by atoms with Crippen LogP contribution in [0.4, 0.5) is 5.69 Å². The quantitative estimate of drug-likeness (QED) is 0.532. The van der Waals surface area contributed by atoms with Gasteiger partial charge in [-0.25, -0.2) is 0 Å². The molecule has 1 unspecified atom stereocenters. The Labute approximate surface area is 218 Å². The smallest absolute Gasteiger partial charge is 0.253 e. The zero-order valence-corrected chi connectivity index (χ0v) is 21.1. The Hall–Kier alpha value is -4.00. The molecule has 0 spiro atoms. The van der Waals surface area contributed by atoms with Gasteiger partial charge >= 0.3 is 0 Å². The zero-order valence-electron chi connectivity index (χ0n) is 21.1. The lowest BCUT2D eigenvalue weighted by atomic mass is 9.97. The topological polar surface area (TPSA) is 91.4 Å². The predicted molar refractivity (Wildman–Crippen MR) is 144 cm³/mol. The van der Waals surface area contributed by atoms with Crippen molar-refractivity contribution < 1.29 is 14.4 Å². The molecule has 1 aromatic heterocycles. The lowest BCUT2D eigenvalue weighted by Gasteiger charge is -2.23. The summed E-state index contributed by atoms with van der Waals surface area (Å²) in [7, 11) is 0. The predicted octanol–water partition coefficient (Wildman–Crippen LogP) is 4.25. The van der Waals surface area contributed by atoms with Crippen LogP contribution in [0, 0.1) is 5.92 Å². The number of rotatable bonds is 6. The van der Waals surface area contributed by atoms with E-state index in [-0.39, 0.29) is 30.1 Å². The number of hydrogen-bond acceptors (Lipinski definition) is 4. The number of pyridine rings is 1. The van der Waals surface area contributed by atoms with Gasteiger partial charge in [-0.15, -0.1) is 0 Å². The Morgan fingerprint density at radius 1 is 0.919 bits per heavy atom. The number of nitrogens with zero attached hydrogens (tertiary/aromatic N) is 2. The number of nitrogens with one attached hydrogen (secondary N) is 2. The normalized spacial score (nSPS) is 16.8. The van der Waals surface area contributed by atoms with Crippen LogP contribution in [0.1, 0.15) is 47.2 Å². The Morgan fingerprint density at radius 2 is 1.68 bits per heavy atom. The van der Waals surface area contributed by atoms with Gasteiger partial charge in [0.25, 0.3) is 5.91 Å². The molecule has 3 aromatic rings. The van der Waals surface area contributed by atoms with E-state index in [9.17, 15) is 14.4 Å². The number of benzene rings is 2. The van der Waals surface area contributed by atoms with Crippen LogP contribution in [0.15, 0.2) is 79.1 Å². The van der Waals surface area contributed by atoms with Crippen molar-refractivity contribution in [3.63, 3.8) is 0 Å². The first-order valence-corrected chi connectivity index (χ1v) is 13.0. The minimum Gasteiger partial charge on any atom is -0.356 e. The summed E-state index contributed by atoms with van der Waals surface area (Å²) in [5, 5.41) is 6.06. The van der Waals surface area contributed by atoms with Crippen LogP contribution in [0.2, 0.25) is 0 Å². The Balaban J connectivity index is 1.40. The second-order valence-corrected chi connectivity index (χ2v) is 9.39. The van der Waals surface area contributed by atoms with Crippen LogP contribution in [-0.4, -0.2) is 47.2 Å². The van der Waals surface area contributed by atoms with Crippen molar-refractivity contribution in [3.8, 4) is 0 Å². The molecule has 7 heteroatoms. The van der Waals surface area contributed by atoms with E-state index >= 15 is 0 Å². The van der Waals surface area contributed by atoms with Crippen molar-refractivity contribution in [3.05, 3.63) is 95.8 Å². The number of aryl methyl sites for hydroxylation is 2. The first-order valence-electron chi connectivity index (χ1n) is 13.0. The van der Waals surface area contributed by atoms with Gasteiger partial charge in [0.1, 0.15) is 0 Å². The molecular formula is C30H34N4O3. The molecule has 2 N–H and O–H groups in total. The van der Waals surface area contributed by atoms with E-state index in [2.05, 4.69) is 15.6 Å². The van der Waals surface area contributed by atoms with Crippen molar-refractivity contribution in [1.29, 1.82) is 0 Å². The molecule has 1 aliphatic rings. The number of aromatic nitrogens is 1. The summed E-state index contributed by atoms with van der Waals surface area (Å²) in [5.41, 5.74) is 3.71. The highest BCUT2D eigenvalue weighted by molar-refractivity contribution is 5.95. The van der Waals surface area contributed by atoms with Gasteiger partial charge in [-0.1, -0.05) is 36.4 Å². The monoisotopic (exact) mass is 498 g/mol. The van der Waals surface area contributed by atoms with Gasteiger partial charge in [-0.05, 0) is 73.6 Å². The summed E-state index contributed by atoms with van der Waals surface area (Å²) >= 11 is 0. The van der Waals surface area contributed by atoms with Gasteiger partial charge < -0.3 is 15.5 Å². The van der Waals surface area contributed by atoms with Gasteiger partial charge in [0.05, 0.1) is 0 Å². The molecule has 7 nitrogen and oxygen atoms in total. The molecule has 3 amide bonds. The maximum absolute atomic E-state index is 13.3. The highest BCUT2D eigenvalue weighted by atomic mass is 16.2. The fourth-order valence-corrected chi connectivity index (χ4v) is 4.65. The molecule has 1 saturated heterocycles. The van der Waals surface area contributed by atoms with Crippen molar-refractivity contribution >= 4 is 23.4 Å². The van der Waals surface area contributed by atoms with Crippen LogP contribution in [0.5, 0.6) is 0 Å². The minimum absolute atomic E-state index is 0.0502. The van der Waals surface area contributed by atoms with Crippen LogP contribution < -0.4 is 10.6 Å². The zero-order chi connectivity index (χ0) is 25.9. The van der Waals surface area contributed by atoms with Gasteiger partial charge in [0.15, 0.2) is 0 Å². The third kappa shape index (κ3) is 7.74. The molecule has 0 saturated carbocycles. The van der Waals surface area contributed by atoms with Crippen LogP contribution in [-0.2, 0) is 22.4 Å². The van der Waals surface area contributed by atoms with E-state index in [1.54, 1.807) is 29.4 Å². The maximum atomic E-state index is 13.3. The van der Waals surface area contributed by atoms with E-state index in [0.717, 1.165) is 24.1 Å². The van der Waals surface area contributed by atoms with Crippen molar-refractivity contribution in [2.24, 2.45) is 5.92 Å². The number of para-hydroxylation sites is 1. The van der Waals surface area contributed by atoms with Crippen LogP contribution in [0.3, 0.4) is 0 Å². The van der Waals surface area contributed by atoms with E-state index < -0.39 is 0 Å². The van der Waals surface area contributed by atoms with E-state index in [1.165, 1.54) is 5.56 Å². The van der Waals surface area contributed by atoms with Crippen molar-refractivity contribution in [2.45, 2.75) is 38.5 Å². The molecule has 2 heterocycles. The third-order valence-corrected chi connectivity index (χ3v) is 6.79. The van der Waals surface area contributed by atoms with E-state index in [0.29, 0.717) is 44.5 Å². The molecular weight excluding hydrogens is 464 g/mol. The Morgan fingerprint density at radius 3 is 2.49 bits per heavy atom. The fraction of sp³-hybridized carbons (Fsp3) is 0.333. The molecule has 2 aromatic carbocycles. The van der Waals surface area contributed by atoms with Crippen molar-refractivity contribution in [2.75, 3.05) is 25.0 Å². The summed E-state index contributed by atoms with van der Waals surface area (Å²) in [6, 6.07) is 21.0. The van der Waals surface area contributed by atoms with Gasteiger partial charge in [-0.3, -0.25) is 19.4 Å². The molecule has 0 radical (unpaired) electrons.